The monoisotopic (exact) mass is 534 g/mol. The summed E-state index contributed by atoms with van der Waals surface area (Å²) < 4.78 is 63.3. The fraction of sp³-hybridized carbons (Fsp3) is 0.136. The van der Waals surface area contributed by atoms with E-state index in [2.05, 4.69) is 9.71 Å². The third kappa shape index (κ3) is 6.95. The van der Waals surface area contributed by atoms with Gasteiger partial charge in [0.1, 0.15) is 5.01 Å². The van der Waals surface area contributed by atoms with E-state index in [1.54, 1.807) is 47.7 Å². The summed E-state index contributed by atoms with van der Waals surface area (Å²) in [5, 5.41) is 4.59. The number of sulfonamides is 1. The van der Waals surface area contributed by atoms with Gasteiger partial charge in [0.25, 0.3) is 0 Å². The zero-order chi connectivity index (χ0) is 24.2. The van der Waals surface area contributed by atoms with Crippen molar-refractivity contribution in [1.29, 1.82) is 0 Å². The molecular weight excluding hydrogens is 515 g/mol. The molecule has 0 spiro atoms. The van der Waals surface area contributed by atoms with Crippen molar-refractivity contribution in [3.8, 4) is 9.88 Å². The van der Waals surface area contributed by atoms with Crippen LogP contribution >= 0.6 is 22.7 Å². The highest BCUT2D eigenvalue weighted by molar-refractivity contribution is 7.88. The molecule has 2 heterocycles. The van der Waals surface area contributed by atoms with Crippen LogP contribution < -0.4 is 9.44 Å². The first-order valence-corrected chi connectivity index (χ1v) is 14.8. The van der Waals surface area contributed by atoms with Gasteiger partial charge >= 0.3 is 0 Å². The highest BCUT2D eigenvalue weighted by atomic mass is 32.2. The molecule has 0 bridgehead atoms. The Hall–Kier alpha value is -2.61. The molecule has 34 heavy (non-hydrogen) atoms. The number of hydrogen-bond donors (Lipinski definition) is 2. The van der Waals surface area contributed by atoms with Crippen LogP contribution in [0, 0.1) is 0 Å². The molecule has 2 aromatic heterocycles. The van der Waals surface area contributed by atoms with Gasteiger partial charge in [-0.2, -0.15) is 0 Å². The smallest absolute Gasteiger partial charge is 0.216 e. The van der Waals surface area contributed by atoms with Crippen LogP contribution in [-0.2, 0) is 32.5 Å². The Morgan fingerprint density at radius 2 is 1.62 bits per heavy atom. The lowest BCUT2D eigenvalue weighted by molar-refractivity contribution is 0.469. The molecule has 178 valence electrons. The molecule has 0 aliphatic rings. The Morgan fingerprint density at radius 3 is 2.26 bits per heavy atom. The molecule has 0 aliphatic heterocycles. The summed E-state index contributed by atoms with van der Waals surface area (Å²) >= 11 is 2.99. The molecular formula is C22H20N3O5S4-. The molecule has 0 fully saturated rings. The minimum absolute atomic E-state index is 0.133. The normalized spacial score (nSPS) is 13.0. The lowest BCUT2D eigenvalue weighted by atomic mass is 10.0. The van der Waals surface area contributed by atoms with Crippen LogP contribution in [0.4, 0.5) is 5.69 Å². The highest BCUT2D eigenvalue weighted by Crippen LogP contribution is 2.31. The Kier molecular flexibility index (Phi) is 7.45. The lowest BCUT2D eigenvalue weighted by Gasteiger charge is -2.18. The number of aromatic nitrogens is 1. The first kappa shape index (κ1) is 24.5. The van der Waals surface area contributed by atoms with Crippen LogP contribution in [0.3, 0.4) is 0 Å². The average molecular weight is 535 g/mol. The quantitative estimate of drug-likeness (QED) is 0.294. The van der Waals surface area contributed by atoms with E-state index in [-0.39, 0.29) is 17.9 Å². The zero-order valence-electron chi connectivity index (χ0n) is 17.6. The molecule has 12 heteroatoms. The second-order valence-electron chi connectivity index (χ2n) is 7.43. The van der Waals surface area contributed by atoms with E-state index in [1.807, 2.05) is 33.7 Å². The molecule has 0 amide bonds. The van der Waals surface area contributed by atoms with Crippen LogP contribution in [0.1, 0.15) is 22.9 Å². The van der Waals surface area contributed by atoms with E-state index in [9.17, 15) is 21.4 Å². The number of thiazole rings is 1. The molecule has 2 N–H and O–H groups in total. The van der Waals surface area contributed by atoms with Gasteiger partial charge in [-0.15, -0.1) is 22.7 Å². The number of hydrogen-bond acceptors (Lipinski definition) is 8. The van der Waals surface area contributed by atoms with Gasteiger partial charge in [-0.3, -0.25) is 4.72 Å². The average Bonchev–Trinajstić information content (AvgIpc) is 3.46. The summed E-state index contributed by atoms with van der Waals surface area (Å²) in [6.45, 7) is 0. The van der Waals surface area contributed by atoms with Crippen LogP contribution in [-0.4, -0.2) is 26.4 Å². The minimum atomic E-state index is -4.63. The lowest BCUT2D eigenvalue weighted by Crippen LogP contribution is -2.31. The SMILES string of the molecule is O=S(=O)([O-])Nc1ccc(C[C@H](NS(=O)(=O)Cc2ccccc2)c2csc(-c3cccs3)n2)cc1. The summed E-state index contributed by atoms with van der Waals surface area (Å²) in [5.41, 5.74) is 2.13. The number of rotatable bonds is 10. The molecule has 4 aromatic rings. The Morgan fingerprint density at radius 1 is 0.882 bits per heavy atom. The van der Waals surface area contributed by atoms with Gasteiger partial charge in [-0.05, 0) is 41.1 Å². The zero-order valence-corrected chi connectivity index (χ0v) is 20.9. The van der Waals surface area contributed by atoms with Crippen LogP contribution in [0.15, 0.2) is 77.5 Å². The maximum Gasteiger partial charge on any atom is 0.216 e. The summed E-state index contributed by atoms with van der Waals surface area (Å²) in [6, 6.07) is 18.3. The Bertz CT molecular complexity index is 1430. The van der Waals surface area contributed by atoms with Crippen LogP contribution in [0.5, 0.6) is 0 Å². The van der Waals surface area contributed by atoms with Crippen LogP contribution in [0.2, 0.25) is 0 Å². The molecule has 0 unspecified atom stereocenters. The maximum atomic E-state index is 13.0. The molecule has 0 saturated carbocycles. The van der Waals surface area contributed by atoms with Crippen molar-refractivity contribution in [1.82, 2.24) is 9.71 Å². The molecule has 0 aliphatic carbocycles. The van der Waals surface area contributed by atoms with Gasteiger partial charge in [0.15, 0.2) is 10.3 Å². The number of nitrogens with zero attached hydrogens (tertiary/aromatic N) is 1. The van der Waals surface area contributed by atoms with E-state index in [4.69, 9.17) is 0 Å². The number of benzene rings is 2. The molecule has 0 saturated heterocycles. The van der Waals surface area contributed by atoms with Crippen molar-refractivity contribution in [2.75, 3.05) is 4.72 Å². The van der Waals surface area contributed by atoms with Crippen molar-refractivity contribution >= 4 is 48.7 Å². The van der Waals surface area contributed by atoms with Gasteiger partial charge in [0, 0.05) is 11.1 Å². The van der Waals surface area contributed by atoms with Gasteiger partial charge in [0.05, 0.1) is 22.4 Å². The molecule has 0 radical (unpaired) electrons. The van der Waals surface area contributed by atoms with E-state index >= 15 is 0 Å². The largest absolute Gasteiger partial charge is 0.731 e. The predicted molar refractivity (Wildman–Crippen MR) is 134 cm³/mol. The summed E-state index contributed by atoms with van der Waals surface area (Å²) in [6.07, 6.45) is 0.284. The second kappa shape index (κ2) is 10.3. The highest BCUT2D eigenvalue weighted by Gasteiger charge is 2.23. The summed E-state index contributed by atoms with van der Waals surface area (Å²) in [4.78, 5) is 5.67. The van der Waals surface area contributed by atoms with Crippen molar-refractivity contribution in [3.63, 3.8) is 0 Å². The standard InChI is InChI=1S/C22H21N3O5S4/c26-33(27,15-17-5-2-1-3-6-17)25-19(20-14-32-22(23-20)21-7-4-12-31-21)13-16-8-10-18(11-9-16)24-34(28,29)30/h1-12,14,19,24-25H,13,15H2,(H,28,29,30)/p-1/t19-/m0/s1. The molecule has 4 rings (SSSR count). The molecule has 1 atom stereocenters. The number of nitrogens with one attached hydrogen (secondary N) is 2. The molecule has 2 aromatic carbocycles. The number of thiophene rings is 1. The first-order valence-electron chi connectivity index (χ1n) is 10.0. The maximum absolute atomic E-state index is 13.0. The van der Waals surface area contributed by atoms with Gasteiger partial charge in [0.2, 0.25) is 10.0 Å². The number of anilines is 1. The third-order valence-corrected chi connectivity index (χ3v) is 8.51. The van der Waals surface area contributed by atoms with E-state index in [0.717, 1.165) is 15.4 Å². The van der Waals surface area contributed by atoms with E-state index < -0.39 is 26.4 Å². The predicted octanol–water partition coefficient (Wildman–Crippen LogP) is 4.15. The van der Waals surface area contributed by atoms with Crippen molar-refractivity contribution in [3.05, 3.63) is 94.3 Å². The Labute approximate surface area is 206 Å². The summed E-state index contributed by atoms with van der Waals surface area (Å²) in [5.74, 6) is -0.170. The minimum Gasteiger partial charge on any atom is -0.731 e. The third-order valence-electron chi connectivity index (χ3n) is 4.77. The second-order valence-corrected chi connectivity index (χ2v) is 12.1. The van der Waals surface area contributed by atoms with Gasteiger partial charge in [-0.1, -0.05) is 48.5 Å². The Balaban J connectivity index is 1.59. The topological polar surface area (TPSA) is 128 Å². The summed E-state index contributed by atoms with van der Waals surface area (Å²) in [7, 11) is -8.32. The fourth-order valence-corrected chi connectivity index (χ4v) is 6.77. The van der Waals surface area contributed by atoms with Gasteiger partial charge in [-0.25, -0.2) is 26.5 Å². The van der Waals surface area contributed by atoms with E-state index in [1.165, 1.54) is 23.5 Å². The first-order chi connectivity index (χ1) is 16.2. The molecule has 8 nitrogen and oxygen atoms in total. The fourth-order valence-electron chi connectivity index (χ4n) is 3.31. The van der Waals surface area contributed by atoms with Crippen LogP contribution in [0.25, 0.3) is 9.88 Å². The van der Waals surface area contributed by atoms with E-state index in [0.29, 0.717) is 11.3 Å². The van der Waals surface area contributed by atoms with Crippen molar-refractivity contribution < 1.29 is 21.4 Å². The van der Waals surface area contributed by atoms with Gasteiger partial charge < -0.3 is 4.55 Å². The van der Waals surface area contributed by atoms with Crippen molar-refractivity contribution in [2.24, 2.45) is 0 Å². The van der Waals surface area contributed by atoms with Crippen molar-refractivity contribution in [2.45, 2.75) is 18.2 Å².